The number of rotatable bonds is 4. The smallest absolute Gasteiger partial charge is 0.300 e. The molecule has 1 atom stereocenters. The number of Topliss-reactive ketones (excluding diaryl/α,β-unsaturated/α-hetero) is 1. The predicted molar refractivity (Wildman–Crippen MR) is 128 cm³/mol. The van der Waals surface area contributed by atoms with Crippen LogP contribution in [0, 0.1) is 6.92 Å². The highest BCUT2D eigenvalue weighted by Gasteiger charge is 2.48. The fraction of sp³-hybridized carbons (Fsp3) is 0.130. The van der Waals surface area contributed by atoms with Crippen molar-refractivity contribution in [3.63, 3.8) is 0 Å². The number of hydrogen-bond acceptors (Lipinski definition) is 5. The quantitative estimate of drug-likeness (QED) is 0.243. The molecule has 4 rings (SSSR count). The van der Waals surface area contributed by atoms with E-state index in [4.69, 9.17) is 39.5 Å². The normalized spacial score (nSPS) is 17.8. The number of ketones is 1. The first kappa shape index (κ1) is 22.7. The van der Waals surface area contributed by atoms with E-state index in [2.05, 4.69) is 0 Å². The SMILES string of the molecule is COc1c(Cl)cc(/C(O)=C2/C(=O)C(=O)N(c3ccc(Cl)cc3)C2c2sccc2C)cc1Cl. The minimum absolute atomic E-state index is 0.0483. The van der Waals surface area contributed by atoms with Crippen LogP contribution in [0.5, 0.6) is 5.75 Å². The molecular formula is C23H16Cl3NO4S. The van der Waals surface area contributed by atoms with Crippen molar-refractivity contribution in [2.45, 2.75) is 13.0 Å². The van der Waals surface area contributed by atoms with Crippen molar-refractivity contribution in [1.29, 1.82) is 0 Å². The summed E-state index contributed by atoms with van der Waals surface area (Å²) in [6, 6.07) is 10.5. The van der Waals surface area contributed by atoms with E-state index in [0.29, 0.717) is 10.7 Å². The molecule has 0 radical (unpaired) electrons. The Bertz CT molecular complexity index is 1240. The van der Waals surface area contributed by atoms with Crippen molar-refractivity contribution >= 4 is 69.3 Å². The molecule has 3 aromatic rings. The van der Waals surface area contributed by atoms with E-state index < -0.39 is 17.7 Å². The van der Waals surface area contributed by atoms with E-state index in [1.165, 1.54) is 35.5 Å². The first-order valence-electron chi connectivity index (χ1n) is 9.38. The summed E-state index contributed by atoms with van der Waals surface area (Å²) >= 11 is 19.9. The molecule has 9 heteroatoms. The molecule has 1 saturated heterocycles. The monoisotopic (exact) mass is 507 g/mol. The van der Waals surface area contributed by atoms with Crippen LogP contribution in [0.3, 0.4) is 0 Å². The second kappa shape index (κ2) is 8.79. The van der Waals surface area contributed by atoms with E-state index in [0.717, 1.165) is 10.4 Å². The largest absolute Gasteiger partial charge is 0.507 e. The average molecular weight is 509 g/mol. The van der Waals surface area contributed by atoms with Crippen LogP contribution in [-0.2, 0) is 9.59 Å². The number of methoxy groups -OCH3 is 1. The van der Waals surface area contributed by atoms with E-state index in [1.54, 1.807) is 24.3 Å². The number of nitrogens with zero attached hydrogens (tertiary/aromatic N) is 1. The van der Waals surface area contributed by atoms with Gasteiger partial charge in [0.2, 0.25) is 0 Å². The van der Waals surface area contributed by atoms with Crippen LogP contribution in [0.4, 0.5) is 5.69 Å². The van der Waals surface area contributed by atoms with E-state index >= 15 is 0 Å². The number of hydrogen-bond donors (Lipinski definition) is 1. The van der Waals surface area contributed by atoms with E-state index in [9.17, 15) is 14.7 Å². The third kappa shape index (κ3) is 3.77. The van der Waals surface area contributed by atoms with Crippen LogP contribution in [-0.4, -0.2) is 23.9 Å². The van der Waals surface area contributed by atoms with Crippen molar-refractivity contribution < 1.29 is 19.4 Å². The van der Waals surface area contributed by atoms with Crippen molar-refractivity contribution in [3.05, 3.63) is 84.5 Å². The number of benzene rings is 2. The second-order valence-electron chi connectivity index (χ2n) is 7.09. The number of anilines is 1. The van der Waals surface area contributed by atoms with Gasteiger partial charge >= 0.3 is 0 Å². The number of aliphatic hydroxyl groups excluding tert-OH is 1. The molecule has 2 heterocycles. The number of aliphatic hydroxyl groups is 1. The molecule has 1 unspecified atom stereocenters. The summed E-state index contributed by atoms with van der Waals surface area (Å²) in [5, 5.41) is 13.9. The summed E-state index contributed by atoms with van der Waals surface area (Å²) in [6.45, 7) is 1.88. The lowest BCUT2D eigenvalue weighted by molar-refractivity contribution is -0.132. The molecule has 1 aliphatic rings. The number of amides is 1. The minimum atomic E-state index is -0.823. The molecule has 1 aliphatic heterocycles. The Kier molecular flexibility index (Phi) is 6.23. The Morgan fingerprint density at radius 3 is 2.22 bits per heavy atom. The van der Waals surface area contributed by atoms with Crippen LogP contribution >= 0.6 is 46.1 Å². The van der Waals surface area contributed by atoms with E-state index in [1.807, 2.05) is 18.4 Å². The summed E-state index contributed by atoms with van der Waals surface area (Å²) in [4.78, 5) is 28.4. The molecule has 32 heavy (non-hydrogen) atoms. The maximum atomic E-state index is 13.2. The molecule has 1 aromatic heterocycles. The summed E-state index contributed by atoms with van der Waals surface area (Å²) < 4.78 is 5.15. The fourth-order valence-electron chi connectivity index (χ4n) is 3.66. The number of aryl methyl sites for hydroxylation is 1. The number of carbonyl (C=O) groups is 2. The van der Waals surface area contributed by atoms with Crippen molar-refractivity contribution in [3.8, 4) is 5.75 Å². The molecule has 5 nitrogen and oxygen atoms in total. The summed E-state index contributed by atoms with van der Waals surface area (Å²) in [7, 11) is 1.42. The molecule has 164 valence electrons. The number of thiophene rings is 1. The van der Waals surface area contributed by atoms with Gasteiger partial charge in [-0.1, -0.05) is 34.8 Å². The van der Waals surface area contributed by atoms with Crippen LogP contribution in [0.25, 0.3) is 5.76 Å². The Labute approximate surface area is 203 Å². The van der Waals surface area contributed by atoms with Gasteiger partial charge in [0.1, 0.15) is 11.8 Å². The number of carbonyl (C=O) groups excluding carboxylic acids is 2. The second-order valence-corrected chi connectivity index (χ2v) is 9.29. The lowest BCUT2D eigenvalue weighted by Gasteiger charge is -2.25. The van der Waals surface area contributed by atoms with Crippen LogP contribution in [0.15, 0.2) is 53.4 Å². The van der Waals surface area contributed by atoms with Gasteiger partial charge in [-0.05, 0) is 60.3 Å². The third-order valence-corrected chi connectivity index (χ3v) is 7.06. The highest BCUT2D eigenvalue weighted by atomic mass is 35.5. The van der Waals surface area contributed by atoms with Gasteiger partial charge in [0.25, 0.3) is 11.7 Å². The summed E-state index contributed by atoms with van der Waals surface area (Å²) in [6.07, 6.45) is 0. The molecule has 1 fully saturated rings. The van der Waals surface area contributed by atoms with Crippen molar-refractivity contribution in [2.24, 2.45) is 0 Å². The molecule has 0 bridgehead atoms. The van der Waals surface area contributed by atoms with Gasteiger partial charge in [-0.15, -0.1) is 11.3 Å². The lowest BCUT2D eigenvalue weighted by Crippen LogP contribution is -2.29. The molecule has 1 amide bonds. The van der Waals surface area contributed by atoms with Crippen LogP contribution in [0.2, 0.25) is 15.1 Å². The van der Waals surface area contributed by atoms with Crippen LogP contribution in [0.1, 0.15) is 22.0 Å². The zero-order valence-corrected chi connectivity index (χ0v) is 19.9. The molecule has 2 aromatic carbocycles. The number of ether oxygens (including phenoxy) is 1. The minimum Gasteiger partial charge on any atom is -0.507 e. The first-order chi connectivity index (χ1) is 15.2. The van der Waals surface area contributed by atoms with Gasteiger partial charge in [0.15, 0.2) is 5.75 Å². The zero-order valence-electron chi connectivity index (χ0n) is 16.9. The molecule has 0 aliphatic carbocycles. The average Bonchev–Trinajstić information content (AvgIpc) is 3.28. The maximum Gasteiger partial charge on any atom is 0.300 e. The summed E-state index contributed by atoms with van der Waals surface area (Å²) in [5.74, 6) is -1.68. The van der Waals surface area contributed by atoms with Gasteiger partial charge in [-0.25, -0.2) is 0 Å². The maximum absolute atomic E-state index is 13.2. The highest BCUT2D eigenvalue weighted by Crippen LogP contribution is 2.46. The number of halogens is 3. The Hall–Kier alpha value is -2.51. The topological polar surface area (TPSA) is 66.8 Å². The van der Waals surface area contributed by atoms with Crippen molar-refractivity contribution in [2.75, 3.05) is 12.0 Å². The van der Waals surface area contributed by atoms with E-state index in [-0.39, 0.29) is 32.7 Å². The summed E-state index contributed by atoms with van der Waals surface area (Å²) in [5.41, 5.74) is 1.53. The first-order valence-corrected chi connectivity index (χ1v) is 11.4. The zero-order chi connectivity index (χ0) is 23.2. The van der Waals surface area contributed by atoms with Gasteiger partial charge in [0, 0.05) is 21.2 Å². The van der Waals surface area contributed by atoms with Crippen LogP contribution < -0.4 is 9.64 Å². The fourth-order valence-corrected chi connectivity index (χ4v) is 5.45. The van der Waals surface area contributed by atoms with Gasteiger partial charge in [-0.3, -0.25) is 14.5 Å². The Balaban J connectivity index is 1.96. The lowest BCUT2D eigenvalue weighted by atomic mass is 9.98. The standard InChI is InChI=1S/C23H16Cl3NO4S/c1-11-7-8-32-22(11)18-17(19(28)12-9-15(25)21(31-2)16(26)10-12)20(29)23(30)27(18)14-5-3-13(24)4-6-14/h3-10,18,28H,1-2H3/b19-17-. The predicted octanol–water partition coefficient (Wildman–Crippen LogP) is 6.65. The molecular weight excluding hydrogens is 493 g/mol. The molecule has 1 N–H and O–H groups in total. The molecule has 0 saturated carbocycles. The third-order valence-electron chi connectivity index (χ3n) is 5.18. The van der Waals surface area contributed by atoms with Gasteiger partial charge in [0.05, 0.1) is 22.7 Å². The molecule has 0 spiro atoms. The van der Waals surface area contributed by atoms with Gasteiger partial charge in [-0.2, -0.15) is 0 Å². The Morgan fingerprint density at radius 1 is 1.06 bits per heavy atom. The Morgan fingerprint density at radius 2 is 1.69 bits per heavy atom. The van der Waals surface area contributed by atoms with Crippen molar-refractivity contribution in [1.82, 2.24) is 0 Å². The highest BCUT2D eigenvalue weighted by molar-refractivity contribution is 7.10. The van der Waals surface area contributed by atoms with Gasteiger partial charge < -0.3 is 9.84 Å².